The van der Waals surface area contributed by atoms with E-state index in [4.69, 9.17) is 37.5 Å². The van der Waals surface area contributed by atoms with Gasteiger partial charge in [0, 0.05) is 38.2 Å². The van der Waals surface area contributed by atoms with E-state index in [9.17, 15) is 14.4 Å². The van der Waals surface area contributed by atoms with Crippen LogP contribution in [-0.2, 0) is 16.1 Å². The van der Waals surface area contributed by atoms with Crippen molar-refractivity contribution < 1.29 is 28.4 Å². The molecular weight excluding hydrogens is 567 g/mol. The molecule has 18 heteroatoms. The molecule has 2 aliphatic rings. The molecule has 1 saturated carbocycles. The summed E-state index contributed by atoms with van der Waals surface area (Å²) in [6.07, 6.45) is 1.24. The number of anilines is 3. The van der Waals surface area contributed by atoms with E-state index in [2.05, 4.69) is 41.2 Å². The molecule has 6 radical (unpaired) electrons. The van der Waals surface area contributed by atoms with Gasteiger partial charge in [-0.15, -0.1) is 10.2 Å². The molecule has 3 N–H and O–H groups in total. The highest BCUT2D eigenvalue weighted by Gasteiger charge is 2.30. The maximum Gasteiger partial charge on any atom is 0.409 e. The molecule has 1 aromatic carbocycles. The molecule has 44 heavy (non-hydrogen) atoms. The fraction of sp³-hybridized carbons (Fsp3) is 0.423. The standard InChI is InChI=1S/C26H28B3N9O6/c1-42-21-15(24-32-19(36-44-24)13-37-8-10-38(11-9-37)25(41)43-2)4-3-5-16(21)30-17-12-18(31-22(39)14-6-7-14)34-35-20(17)23(40)33-26(27,28)29/h3-5,12,14H,6-11,13H2,1-2H3,(H,33,40)(H2,30,31,34,39). The lowest BCUT2D eigenvalue weighted by atomic mass is 9.49. The van der Waals surface area contributed by atoms with Crippen molar-refractivity contribution in [1.82, 2.24) is 35.5 Å². The number of carbonyl (C=O) groups is 3. The quantitative estimate of drug-likeness (QED) is 0.275. The first-order chi connectivity index (χ1) is 21.0. The average Bonchev–Trinajstić information content (AvgIpc) is 3.75. The molecule has 0 spiro atoms. The van der Waals surface area contributed by atoms with Crippen molar-refractivity contribution >= 4 is 58.6 Å². The molecule has 15 nitrogen and oxygen atoms in total. The van der Waals surface area contributed by atoms with Crippen molar-refractivity contribution in [3.63, 3.8) is 0 Å². The van der Waals surface area contributed by atoms with Gasteiger partial charge in [-0.3, -0.25) is 14.5 Å². The average molecular weight is 595 g/mol. The Morgan fingerprint density at radius 2 is 1.82 bits per heavy atom. The second-order valence-corrected chi connectivity index (χ2v) is 10.4. The SMILES string of the molecule is [B]C([B])([B])NC(=O)c1nnc(NC(=O)C2CC2)cc1Nc1cccc(-c2nc(CN3CCN(C(=O)OC)CC3)no2)c1OC. The molecule has 222 valence electrons. The van der Waals surface area contributed by atoms with Gasteiger partial charge < -0.3 is 34.8 Å². The predicted molar refractivity (Wildman–Crippen MR) is 160 cm³/mol. The van der Waals surface area contributed by atoms with Crippen molar-refractivity contribution in [3.05, 3.63) is 35.8 Å². The number of piperazine rings is 1. The minimum Gasteiger partial charge on any atom is -0.494 e. The fourth-order valence-corrected chi connectivity index (χ4v) is 4.56. The summed E-state index contributed by atoms with van der Waals surface area (Å²) >= 11 is 0. The van der Waals surface area contributed by atoms with E-state index >= 15 is 0 Å². The molecule has 0 bridgehead atoms. The van der Waals surface area contributed by atoms with Crippen LogP contribution in [0.4, 0.5) is 22.0 Å². The third-order valence-corrected chi connectivity index (χ3v) is 6.90. The molecule has 0 atom stereocenters. The minimum atomic E-state index is -2.02. The summed E-state index contributed by atoms with van der Waals surface area (Å²) in [4.78, 5) is 45.3. The summed E-state index contributed by atoms with van der Waals surface area (Å²) in [5, 5.41) is 18.1. The first-order valence-electron chi connectivity index (χ1n) is 13.7. The number of ether oxygens (including phenoxy) is 2. The Bertz CT molecular complexity index is 1540. The van der Waals surface area contributed by atoms with Crippen molar-refractivity contribution in [1.29, 1.82) is 0 Å². The number of benzene rings is 1. The minimum absolute atomic E-state index is 0.0796. The molecular formula is C26H28B3N9O6. The molecule has 2 fully saturated rings. The normalized spacial score (nSPS) is 15.4. The number of hydrogen-bond donors (Lipinski definition) is 3. The molecule has 2 aromatic heterocycles. The van der Waals surface area contributed by atoms with E-state index in [1.807, 2.05) is 0 Å². The lowest BCUT2D eigenvalue weighted by Gasteiger charge is -2.32. The Balaban J connectivity index is 1.37. The molecule has 5 rings (SSSR count). The fourth-order valence-electron chi connectivity index (χ4n) is 4.56. The van der Waals surface area contributed by atoms with Crippen LogP contribution in [0.5, 0.6) is 5.75 Å². The van der Waals surface area contributed by atoms with E-state index in [1.54, 1.807) is 23.1 Å². The van der Waals surface area contributed by atoms with E-state index < -0.39 is 11.1 Å². The summed E-state index contributed by atoms with van der Waals surface area (Å²) in [6.45, 7) is 2.72. The Morgan fingerprint density at radius 3 is 2.48 bits per heavy atom. The van der Waals surface area contributed by atoms with E-state index in [1.165, 1.54) is 20.3 Å². The Morgan fingerprint density at radius 1 is 1.07 bits per heavy atom. The number of hydrogen-bond acceptors (Lipinski definition) is 12. The number of nitrogens with zero attached hydrogens (tertiary/aromatic N) is 6. The van der Waals surface area contributed by atoms with Gasteiger partial charge in [-0.25, -0.2) is 4.79 Å². The number of nitrogens with one attached hydrogen (secondary N) is 3. The van der Waals surface area contributed by atoms with Crippen molar-refractivity contribution in [2.24, 2.45) is 5.92 Å². The number of methoxy groups -OCH3 is 2. The Kier molecular flexibility index (Phi) is 9.08. The molecule has 1 saturated heterocycles. The van der Waals surface area contributed by atoms with Crippen LogP contribution in [-0.4, -0.2) is 117 Å². The summed E-state index contributed by atoms with van der Waals surface area (Å²) in [6, 6.07) is 6.61. The third kappa shape index (κ3) is 7.48. The van der Waals surface area contributed by atoms with Gasteiger partial charge in [-0.05, 0) is 25.0 Å². The van der Waals surface area contributed by atoms with E-state index in [0.29, 0.717) is 55.5 Å². The lowest BCUT2D eigenvalue weighted by molar-refractivity contribution is -0.117. The first kappa shape index (κ1) is 30.8. The van der Waals surface area contributed by atoms with Gasteiger partial charge in [0.05, 0.1) is 61.2 Å². The zero-order valence-corrected chi connectivity index (χ0v) is 24.2. The van der Waals surface area contributed by atoms with Crippen LogP contribution in [0.1, 0.15) is 29.2 Å². The zero-order chi connectivity index (χ0) is 31.4. The van der Waals surface area contributed by atoms with Crippen molar-refractivity contribution in [2.75, 3.05) is 51.0 Å². The van der Waals surface area contributed by atoms with E-state index in [0.717, 1.165) is 12.8 Å². The molecule has 0 unspecified atom stereocenters. The van der Waals surface area contributed by atoms with Crippen LogP contribution in [0, 0.1) is 5.92 Å². The molecule has 3 amide bonds. The molecule has 3 aromatic rings. The van der Waals surface area contributed by atoms with Gasteiger partial charge in [0.1, 0.15) is 0 Å². The molecule has 3 heterocycles. The van der Waals surface area contributed by atoms with Crippen LogP contribution in [0.15, 0.2) is 28.8 Å². The number of rotatable bonds is 10. The van der Waals surface area contributed by atoms with Gasteiger partial charge in [-0.1, -0.05) is 16.5 Å². The topological polar surface area (TPSA) is 177 Å². The van der Waals surface area contributed by atoms with Gasteiger partial charge in [0.25, 0.3) is 11.8 Å². The highest BCUT2D eigenvalue weighted by Crippen LogP contribution is 2.38. The lowest BCUT2D eigenvalue weighted by Crippen LogP contribution is -2.50. The van der Waals surface area contributed by atoms with Crippen LogP contribution in [0.3, 0.4) is 0 Å². The third-order valence-electron chi connectivity index (χ3n) is 6.90. The second kappa shape index (κ2) is 13.0. The molecule has 1 aliphatic heterocycles. The van der Waals surface area contributed by atoms with Gasteiger partial charge in [-0.2, -0.15) is 4.98 Å². The zero-order valence-electron chi connectivity index (χ0n) is 24.2. The van der Waals surface area contributed by atoms with Gasteiger partial charge in [0.2, 0.25) is 5.91 Å². The van der Waals surface area contributed by atoms with Crippen LogP contribution >= 0.6 is 0 Å². The second-order valence-electron chi connectivity index (χ2n) is 10.4. The highest BCUT2D eigenvalue weighted by atomic mass is 16.5. The number of amides is 3. The summed E-state index contributed by atoms with van der Waals surface area (Å²) in [5.74, 6) is 0.0341. The number of aromatic nitrogens is 4. The predicted octanol–water partition coefficient (Wildman–Crippen LogP) is 0.358. The monoisotopic (exact) mass is 595 g/mol. The maximum absolute atomic E-state index is 12.9. The summed E-state index contributed by atoms with van der Waals surface area (Å²) in [5.41, 5.74) is 0.845. The number of para-hydroxylation sites is 1. The maximum atomic E-state index is 12.9. The summed E-state index contributed by atoms with van der Waals surface area (Å²) < 4.78 is 16.1. The summed E-state index contributed by atoms with van der Waals surface area (Å²) in [7, 11) is 19.5. The van der Waals surface area contributed by atoms with Crippen LogP contribution in [0.25, 0.3) is 11.5 Å². The van der Waals surface area contributed by atoms with Gasteiger partial charge in [0.15, 0.2) is 23.1 Å². The molecule has 1 aliphatic carbocycles. The largest absolute Gasteiger partial charge is 0.494 e. The van der Waals surface area contributed by atoms with Gasteiger partial charge >= 0.3 is 6.09 Å². The Labute approximate surface area is 257 Å². The van der Waals surface area contributed by atoms with Crippen LogP contribution < -0.4 is 20.7 Å². The number of carbonyl (C=O) groups excluding carboxylic acids is 3. The highest BCUT2D eigenvalue weighted by molar-refractivity contribution is 6.60. The Hall–Kier alpha value is -4.60. The smallest absolute Gasteiger partial charge is 0.409 e. The van der Waals surface area contributed by atoms with E-state index in [-0.39, 0.29) is 41.0 Å². The van der Waals surface area contributed by atoms with Crippen molar-refractivity contribution in [2.45, 2.75) is 24.6 Å². The first-order valence-corrected chi connectivity index (χ1v) is 13.7. The van der Waals surface area contributed by atoms with Crippen molar-refractivity contribution in [3.8, 4) is 17.2 Å². The van der Waals surface area contributed by atoms with Crippen LogP contribution in [0.2, 0.25) is 0 Å².